The van der Waals surface area contributed by atoms with Crippen molar-refractivity contribution >= 4 is 11.6 Å². The Morgan fingerprint density at radius 2 is 1.74 bits per heavy atom. The Morgan fingerprint density at radius 1 is 1.07 bits per heavy atom. The zero-order valence-corrected chi connectivity index (χ0v) is 16.4. The third-order valence-electron chi connectivity index (χ3n) is 5.01. The lowest BCUT2D eigenvalue weighted by Gasteiger charge is -2.32. The molecule has 1 amide bonds. The Balaban J connectivity index is 1.46. The third-order valence-corrected chi connectivity index (χ3v) is 5.01. The molecule has 0 unspecified atom stereocenters. The van der Waals surface area contributed by atoms with Gasteiger partial charge in [0.15, 0.2) is 0 Å². The molecule has 0 saturated carbocycles. The molecule has 1 aliphatic heterocycles. The molecule has 0 atom stereocenters. The van der Waals surface area contributed by atoms with Crippen molar-refractivity contribution in [3.63, 3.8) is 0 Å². The normalized spacial score (nSPS) is 15.0. The molecule has 1 fully saturated rings. The molecular weight excluding hydrogens is 336 g/mol. The van der Waals surface area contributed by atoms with Gasteiger partial charge in [-0.05, 0) is 56.7 Å². The number of anilines is 1. The summed E-state index contributed by atoms with van der Waals surface area (Å²) in [6, 6.07) is 18.4. The Kier molecular flexibility index (Phi) is 6.74. The predicted octanol–water partition coefficient (Wildman–Crippen LogP) is 4.37. The van der Waals surface area contributed by atoms with E-state index in [2.05, 4.69) is 35.6 Å². The number of benzene rings is 2. The van der Waals surface area contributed by atoms with Gasteiger partial charge in [-0.3, -0.25) is 4.79 Å². The molecule has 27 heavy (non-hydrogen) atoms. The number of likely N-dealkylation sites (tertiary alicyclic amines) is 1. The van der Waals surface area contributed by atoms with Crippen LogP contribution >= 0.6 is 0 Å². The summed E-state index contributed by atoms with van der Waals surface area (Å²) in [4.78, 5) is 14.6. The summed E-state index contributed by atoms with van der Waals surface area (Å²) in [6.45, 7) is 6.01. The largest absolute Gasteiger partial charge is 0.489 e. The number of para-hydroxylation sites is 2. The molecule has 0 bridgehead atoms. The minimum atomic E-state index is 0.104. The first-order valence-electron chi connectivity index (χ1n) is 9.93. The summed E-state index contributed by atoms with van der Waals surface area (Å²) in [7, 11) is 0. The highest BCUT2D eigenvalue weighted by Crippen LogP contribution is 2.25. The lowest BCUT2D eigenvalue weighted by atomic mass is 9.90. The van der Waals surface area contributed by atoms with E-state index < -0.39 is 0 Å². The molecule has 0 aliphatic carbocycles. The van der Waals surface area contributed by atoms with Gasteiger partial charge in [-0.2, -0.15) is 0 Å². The molecule has 0 spiro atoms. The quantitative estimate of drug-likeness (QED) is 0.791. The van der Waals surface area contributed by atoms with Crippen LogP contribution < -0.4 is 10.1 Å². The van der Waals surface area contributed by atoms with Gasteiger partial charge in [0.2, 0.25) is 5.91 Å². The second kappa shape index (κ2) is 9.45. The maximum atomic E-state index is 12.6. The van der Waals surface area contributed by atoms with E-state index in [1.807, 2.05) is 43.0 Å². The molecule has 1 N–H and O–H groups in total. The first-order chi connectivity index (χ1) is 13.1. The number of hydrogen-bond donors (Lipinski definition) is 1. The molecular formula is C23H30N2O2. The van der Waals surface area contributed by atoms with Crippen LogP contribution in [0.15, 0.2) is 54.6 Å². The Hall–Kier alpha value is -2.49. The zero-order chi connectivity index (χ0) is 19.1. The predicted molar refractivity (Wildman–Crippen MR) is 110 cm³/mol. The van der Waals surface area contributed by atoms with Crippen LogP contribution in [-0.2, 0) is 11.2 Å². The van der Waals surface area contributed by atoms with Crippen molar-refractivity contribution in [1.82, 2.24) is 4.90 Å². The average molecular weight is 367 g/mol. The minimum Gasteiger partial charge on any atom is -0.489 e. The first kappa shape index (κ1) is 19.3. The van der Waals surface area contributed by atoms with Gasteiger partial charge < -0.3 is 15.0 Å². The van der Waals surface area contributed by atoms with Crippen molar-refractivity contribution in [2.24, 2.45) is 5.92 Å². The van der Waals surface area contributed by atoms with E-state index in [1.165, 1.54) is 5.56 Å². The van der Waals surface area contributed by atoms with Gasteiger partial charge in [-0.15, -0.1) is 0 Å². The van der Waals surface area contributed by atoms with Gasteiger partial charge >= 0.3 is 0 Å². The number of carbonyl (C=O) groups excluding carboxylic acids is 1. The van der Waals surface area contributed by atoms with Gasteiger partial charge in [-0.1, -0.05) is 42.5 Å². The summed E-state index contributed by atoms with van der Waals surface area (Å²) in [6.07, 6.45) is 3.37. The van der Waals surface area contributed by atoms with Gasteiger partial charge in [0.1, 0.15) is 5.75 Å². The van der Waals surface area contributed by atoms with Crippen LogP contribution in [0.3, 0.4) is 0 Å². The van der Waals surface area contributed by atoms with Crippen LogP contribution in [0, 0.1) is 5.92 Å². The smallest absolute Gasteiger partial charge is 0.241 e. The van der Waals surface area contributed by atoms with Crippen LogP contribution in [0.5, 0.6) is 5.75 Å². The monoisotopic (exact) mass is 366 g/mol. The van der Waals surface area contributed by atoms with E-state index in [0.717, 1.165) is 43.8 Å². The zero-order valence-electron chi connectivity index (χ0n) is 16.4. The van der Waals surface area contributed by atoms with Crippen LogP contribution in [-0.4, -0.2) is 36.5 Å². The number of rotatable bonds is 7. The lowest BCUT2D eigenvalue weighted by Crippen LogP contribution is -2.41. The number of amides is 1. The molecule has 1 aliphatic rings. The second-order valence-corrected chi connectivity index (χ2v) is 7.53. The highest BCUT2D eigenvalue weighted by molar-refractivity contribution is 5.81. The summed E-state index contributed by atoms with van der Waals surface area (Å²) in [5.41, 5.74) is 2.27. The highest BCUT2D eigenvalue weighted by atomic mass is 16.5. The number of ether oxygens (including phenoxy) is 1. The van der Waals surface area contributed by atoms with Crippen LogP contribution in [0.4, 0.5) is 5.69 Å². The van der Waals surface area contributed by atoms with E-state index in [4.69, 9.17) is 4.74 Å². The fourth-order valence-electron chi connectivity index (χ4n) is 3.59. The van der Waals surface area contributed by atoms with Gasteiger partial charge in [-0.25, -0.2) is 0 Å². The van der Waals surface area contributed by atoms with Crippen LogP contribution in [0.2, 0.25) is 0 Å². The minimum absolute atomic E-state index is 0.104. The van der Waals surface area contributed by atoms with E-state index in [0.29, 0.717) is 12.5 Å². The SMILES string of the molecule is CC(C)Oc1ccccc1NCC(=O)N1CCC(Cc2ccccc2)CC1. The van der Waals surface area contributed by atoms with Gasteiger partial charge in [0.25, 0.3) is 0 Å². The standard InChI is InChI=1S/C23H30N2O2/c1-18(2)27-22-11-7-6-10-21(22)24-17-23(26)25-14-12-20(13-15-25)16-19-8-4-3-5-9-19/h3-11,18,20,24H,12-17H2,1-2H3. The number of piperidine rings is 1. The van der Waals surface area contributed by atoms with Crippen molar-refractivity contribution in [3.05, 3.63) is 60.2 Å². The maximum absolute atomic E-state index is 12.6. The van der Waals surface area contributed by atoms with Crippen molar-refractivity contribution in [1.29, 1.82) is 0 Å². The molecule has 0 radical (unpaired) electrons. The van der Waals surface area contributed by atoms with Crippen molar-refractivity contribution < 1.29 is 9.53 Å². The summed E-state index contributed by atoms with van der Waals surface area (Å²) in [5.74, 6) is 1.62. The molecule has 3 rings (SSSR count). The summed E-state index contributed by atoms with van der Waals surface area (Å²) in [5, 5.41) is 3.25. The van der Waals surface area contributed by atoms with E-state index in [1.54, 1.807) is 0 Å². The van der Waals surface area contributed by atoms with E-state index >= 15 is 0 Å². The first-order valence-corrected chi connectivity index (χ1v) is 9.93. The molecule has 0 aromatic heterocycles. The lowest BCUT2D eigenvalue weighted by molar-refractivity contribution is -0.130. The van der Waals surface area contributed by atoms with E-state index in [-0.39, 0.29) is 12.0 Å². The molecule has 1 heterocycles. The topological polar surface area (TPSA) is 41.6 Å². The molecule has 2 aromatic carbocycles. The highest BCUT2D eigenvalue weighted by Gasteiger charge is 2.22. The van der Waals surface area contributed by atoms with Gasteiger partial charge in [0, 0.05) is 13.1 Å². The molecule has 4 nitrogen and oxygen atoms in total. The fourth-order valence-corrected chi connectivity index (χ4v) is 3.59. The van der Waals surface area contributed by atoms with Crippen molar-refractivity contribution in [3.8, 4) is 5.75 Å². The van der Waals surface area contributed by atoms with Crippen LogP contribution in [0.25, 0.3) is 0 Å². The molecule has 2 aromatic rings. The molecule has 4 heteroatoms. The van der Waals surface area contributed by atoms with Crippen molar-refractivity contribution in [2.75, 3.05) is 25.0 Å². The van der Waals surface area contributed by atoms with Gasteiger partial charge in [0.05, 0.1) is 18.3 Å². The maximum Gasteiger partial charge on any atom is 0.241 e. The second-order valence-electron chi connectivity index (χ2n) is 7.53. The third kappa shape index (κ3) is 5.75. The number of hydrogen-bond acceptors (Lipinski definition) is 3. The van der Waals surface area contributed by atoms with Crippen molar-refractivity contribution in [2.45, 2.75) is 39.2 Å². The summed E-state index contributed by atoms with van der Waals surface area (Å²) < 4.78 is 5.81. The number of carbonyl (C=O) groups is 1. The number of nitrogens with zero attached hydrogens (tertiary/aromatic N) is 1. The van der Waals surface area contributed by atoms with E-state index in [9.17, 15) is 4.79 Å². The Morgan fingerprint density at radius 3 is 2.44 bits per heavy atom. The number of nitrogens with one attached hydrogen (secondary N) is 1. The summed E-state index contributed by atoms with van der Waals surface area (Å²) >= 11 is 0. The Bertz CT molecular complexity index is 722. The molecule has 144 valence electrons. The van der Waals surface area contributed by atoms with Crippen LogP contribution in [0.1, 0.15) is 32.3 Å². The fraction of sp³-hybridized carbons (Fsp3) is 0.435. The molecule has 1 saturated heterocycles. The average Bonchev–Trinajstić information content (AvgIpc) is 2.68. The Labute approximate surface area is 162 Å².